The lowest BCUT2D eigenvalue weighted by Crippen LogP contribution is -2.12. The van der Waals surface area contributed by atoms with E-state index in [0.29, 0.717) is 35.0 Å². The molecule has 0 radical (unpaired) electrons. The van der Waals surface area contributed by atoms with Crippen LogP contribution in [0, 0.1) is 0 Å². The summed E-state index contributed by atoms with van der Waals surface area (Å²) in [7, 11) is -3.45. The Morgan fingerprint density at radius 1 is 0.969 bits per heavy atom. The fraction of sp³-hybridized carbons (Fsp3) is 0.125. The van der Waals surface area contributed by atoms with Gasteiger partial charge in [-0.25, -0.2) is 8.42 Å². The Morgan fingerprint density at radius 3 is 2.41 bits per heavy atom. The molecule has 1 aromatic heterocycles. The maximum atomic E-state index is 12.7. The normalized spacial score (nSPS) is 11.3. The highest BCUT2D eigenvalue weighted by atomic mass is 32.2. The zero-order valence-electron chi connectivity index (χ0n) is 17.4. The van der Waals surface area contributed by atoms with Gasteiger partial charge in [-0.3, -0.25) is 4.79 Å². The number of amides is 1. The highest BCUT2D eigenvalue weighted by Crippen LogP contribution is 2.21. The number of rotatable bonds is 7. The molecule has 0 fully saturated rings. The van der Waals surface area contributed by atoms with Crippen molar-refractivity contribution >= 4 is 21.4 Å². The number of carbonyl (C=O) groups is 1. The third kappa shape index (κ3) is 4.92. The van der Waals surface area contributed by atoms with Crippen LogP contribution >= 0.6 is 0 Å². The SMILES string of the molecule is CCc1nc(-c2cccc(NC(=O)c3ccc(CS(=O)(=O)c4ccccc4)cc3)c2)no1. The smallest absolute Gasteiger partial charge is 0.255 e. The average molecular weight is 448 g/mol. The van der Waals surface area contributed by atoms with Crippen molar-refractivity contribution in [2.45, 2.75) is 24.0 Å². The van der Waals surface area contributed by atoms with E-state index in [0.717, 1.165) is 5.56 Å². The number of anilines is 1. The summed E-state index contributed by atoms with van der Waals surface area (Å²) in [5.41, 5.74) is 2.35. The first-order chi connectivity index (χ1) is 15.4. The van der Waals surface area contributed by atoms with Gasteiger partial charge >= 0.3 is 0 Å². The monoisotopic (exact) mass is 447 g/mol. The van der Waals surface area contributed by atoms with Crippen molar-refractivity contribution in [3.63, 3.8) is 0 Å². The van der Waals surface area contributed by atoms with E-state index in [-0.39, 0.29) is 16.6 Å². The van der Waals surface area contributed by atoms with Gasteiger partial charge in [-0.1, -0.05) is 54.5 Å². The van der Waals surface area contributed by atoms with E-state index in [2.05, 4.69) is 15.5 Å². The van der Waals surface area contributed by atoms with E-state index < -0.39 is 9.84 Å². The number of hydrogen-bond donors (Lipinski definition) is 1. The molecule has 0 aliphatic heterocycles. The van der Waals surface area contributed by atoms with E-state index in [1.807, 2.05) is 13.0 Å². The summed E-state index contributed by atoms with van der Waals surface area (Å²) in [4.78, 5) is 17.2. The standard InChI is InChI=1S/C24H21N3O4S/c1-2-22-26-23(27-31-22)19-7-6-8-20(15-19)25-24(28)18-13-11-17(12-14-18)16-32(29,30)21-9-4-3-5-10-21/h3-15H,2,16H2,1H3,(H,25,28). The number of carbonyl (C=O) groups excluding carboxylic acids is 1. The van der Waals surface area contributed by atoms with Crippen molar-refractivity contribution in [2.24, 2.45) is 0 Å². The van der Waals surface area contributed by atoms with E-state index >= 15 is 0 Å². The second kappa shape index (κ2) is 9.15. The fourth-order valence-electron chi connectivity index (χ4n) is 3.14. The van der Waals surface area contributed by atoms with Crippen molar-refractivity contribution < 1.29 is 17.7 Å². The molecule has 0 saturated heterocycles. The van der Waals surface area contributed by atoms with Gasteiger partial charge in [-0.05, 0) is 42.0 Å². The molecular formula is C24H21N3O4S. The number of aromatic nitrogens is 2. The number of nitrogens with zero attached hydrogens (tertiary/aromatic N) is 2. The summed E-state index contributed by atoms with van der Waals surface area (Å²) in [6.45, 7) is 1.93. The van der Waals surface area contributed by atoms with Crippen LogP contribution in [0.5, 0.6) is 0 Å². The Bertz CT molecular complexity index is 1330. The topological polar surface area (TPSA) is 102 Å². The van der Waals surface area contributed by atoms with Gasteiger partial charge in [0.25, 0.3) is 5.91 Å². The Balaban J connectivity index is 1.45. The van der Waals surface area contributed by atoms with Crippen LogP contribution in [-0.2, 0) is 22.0 Å². The lowest BCUT2D eigenvalue weighted by molar-refractivity contribution is 0.102. The van der Waals surface area contributed by atoms with Crippen molar-refractivity contribution in [3.8, 4) is 11.4 Å². The Morgan fingerprint density at radius 2 is 1.72 bits per heavy atom. The van der Waals surface area contributed by atoms with Crippen LogP contribution in [0.4, 0.5) is 5.69 Å². The van der Waals surface area contributed by atoms with E-state index in [9.17, 15) is 13.2 Å². The minimum atomic E-state index is -3.45. The molecule has 162 valence electrons. The fourth-order valence-corrected chi connectivity index (χ4v) is 4.51. The minimum Gasteiger partial charge on any atom is -0.339 e. The summed E-state index contributed by atoms with van der Waals surface area (Å²) in [6, 6.07) is 22.0. The molecule has 0 spiro atoms. The highest BCUT2D eigenvalue weighted by Gasteiger charge is 2.15. The lowest BCUT2D eigenvalue weighted by Gasteiger charge is -2.08. The van der Waals surface area contributed by atoms with Crippen LogP contribution in [0.1, 0.15) is 28.7 Å². The van der Waals surface area contributed by atoms with E-state index in [4.69, 9.17) is 4.52 Å². The third-order valence-corrected chi connectivity index (χ3v) is 6.53. The molecule has 0 atom stereocenters. The molecular weight excluding hydrogens is 426 g/mol. The van der Waals surface area contributed by atoms with E-state index in [1.165, 1.54) is 0 Å². The molecule has 0 aliphatic rings. The van der Waals surface area contributed by atoms with Gasteiger partial charge in [0.15, 0.2) is 9.84 Å². The second-order valence-corrected chi connectivity index (χ2v) is 9.16. The quantitative estimate of drug-likeness (QED) is 0.447. The van der Waals surface area contributed by atoms with Crippen molar-refractivity contribution in [2.75, 3.05) is 5.32 Å². The maximum Gasteiger partial charge on any atom is 0.255 e. The Labute approximate surface area is 186 Å². The van der Waals surface area contributed by atoms with Crippen LogP contribution in [0.2, 0.25) is 0 Å². The van der Waals surface area contributed by atoms with Gasteiger partial charge < -0.3 is 9.84 Å². The predicted octanol–water partition coefficient (Wildman–Crippen LogP) is 4.53. The zero-order chi connectivity index (χ0) is 22.6. The van der Waals surface area contributed by atoms with Gasteiger partial charge in [0.1, 0.15) is 0 Å². The summed E-state index contributed by atoms with van der Waals surface area (Å²) in [5.74, 6) is 0.568. The zero-order valence-corrected chi connectivity index (χ0v) is 18.2. The molecule has 32 heavy (non-hydrogen) atoms. The van der Waals surface area contributed by atoms with Crippen molar-refractivity contribution in [1.82, 2.24) is 10.1 Å². The molecule has 0 aliphatic carbocycles. The summed E-state index contributed by atoms with van der Waals surface area (Å²) in [5, 5.41) is 6.79. The Kier molecular flexibility index (Phi) is 6.13. The largest absolute Gasteiger partial charge is 0.339 e. The molecule has 0 bridgehead atoms. The predicted molar refractivity (Wildman–Crippen MR) is 121 cm³/mol. The summed E-state index contributed by atoms with van der Waals surface area (Å²) in [6.07, 6.45) is 0.645. The molecule has 4 aromatic rings. The molecule has 0 saturated carbocycles. The number of benzene rings is 3. The number of hydrogen-bond acceptors (Lipinski definition) is 6. The number of sulfone groups is 1. The minimum absolute atomic E-state index is 0.134. The molecule has 1 heterocycles. The number of nitrogens with one attached hydrogen (secondary N) is 1. The first-order valence-electron chi connectivity index (χ1n) is 10.1. The lowest BCUT2D eigenvalue weighted by atomic mass is 10.1. The molecule has 4 rings (SSSR count). The average Bonchev–Trinajstić information content (AvgIpc) is 3.30. The summed E-state index contributed by atoms with van der Waals surface area (Å²) < 4.78 is 30.2. The van der Waals surface area contributed by atoms with Gasteiger partial charge in [0.2, 0.25) is 11.7 Å². The molecule has 1 N–H and O–H groups in total. The van der Waals surface area contributed by atoms with Gasteiger partial charge in [-0.2, -0.15) is 4.98 Å². The molecule has 1 amide bonds. The van der Waals surface area contributed by atoms with Crippen LogP contribution in [0.3, 0.4) is 0 Å². The van der Waals surface area contributed by atoms with Crippen molar-refractivity contribution in [1.29, 1.82) is 0 Å². The van der Waals surface area contributed by atoms with Crippen LogP contribution in [-0.4, -0.2) is 24.5 Å². The second-order valence-electron chi connectivity index (χ2n) is 7.17. The van der Waals surface area contributed by atoms with Crippen LogP contribution in [0.25, 0.3) is 11.4 Å². The molecule has 3 aromatic carbocycles. The molecule has 8 heteroatoms. The maximum absolute atomic E-state index is 12.7. The van der Waals surface area contributed by atoms with Crippen LogP contribution < -0.4 is 5.32 Å². The van der Waals surface area contributed by atoms with Gasteiger partial charge in [0, 0.05) is 23.2 Å². The number of aryl methyl sites for hydroxylation is 1. The molecule has 7 nitrogen and oxygen atoms in total. The van der Waals surface area contributed by atoms with Crippen LogP contribution in [0.15, 0.2) is 88.3 Å². The first-order valence-corrected chi connectivity index (χ1v) is 11.7. The van der Waals surface area contributed by atoms with Gasteiger partial charge in [0.05, 0.1) is 10.6 Å². The van der Waals surface area contributed by atoms with Crippen molar-refractivity contribution in [3.05, 3.63) is 95.9 Å². The third-order valence-electron chi connectivity index (χ3n) is 4.82. The first kappa shape index (κ1) is 21.5. The Hall–Kier alpha value is -3.78. The van der Waals surface area contributed by atoms with Gasteiger partial charge in [-0.15, -0.1) is 0 Å². The van der Waals surface area contributed by atoms with E-state index in [1.54, 1.807) is 72.8 Å². The summed E-state index contributed by atoms with van der Waals surface area (Å²) >= 11 is 0. The highest BCUT2D eigenvalue weighted by molar-refractivity contribution is 7.90. The molecule has 0 unspecified atom stereocenters.